The highest BCUT2D eigenvalue weighted by molar-refractivity contribution is 9.58. The van der Waals surface area contributed by atoms with Crippen LogP contribution in [0.25, 0.3) is 0 Å². The fourth-order valence-electron chi connectivity index (χ4n) is 1.28. The van der Waals surface area contributed by atoms with Crippen LogP contribution in [0.1, 0.15) is 12.8 Å². The van der Waals surface area contributed by atoms with Gasteiger partial charge in [-0.15, -0.1) is 0 Å². The van der Waals surface area contributed by atoms with Gasteiger partial charge in [-0.3, -0.25) is 4.79 Å². The molecule has 78 valence electrons. The standard InChI is InChI=1S/C7H10BrF3OS/c8-13(3-1-2-4-13)5-6(12)7(9,10)11/h1-5H2. The normalized spacial score (nSPS) is 24.3. The van der Waals surface area contributed by atoms with E-state index in [2.05, 4.69) is 14.8 Å². The first-order valence-corrected chi connectivity index (χ1v) is 7.88. The molecule has 0 spiro atoms. The topological polar surface area (TPSA) is 17.1 Å². The quantitative estimate of drug-likeness (QED) is 0.759. The third kappa shape index (κ3) is 3.16. The van der Waals surface area contributed by atoms with Crippen molar-refractivity contribution >= 4 is 29.1 Å². The molecule has 0 saturated carbocycles. The zero-order chi connectivity index (χ0) is 10.1. The number of carbonyl (C=O) groups is 1. The lowest BCUT2D eigenvalue weighted by Gasteiger charge is -2.26. The van der Waals surface area contributed by atoms with Gasteiger partial charge in [0, 0.05) is 0 Å². The first kappa shape index (κ1) is 11.4. The van der Waals surface area contributed by atoms with Crippen LogP contribution in [0, 0.1) is 0 Å². The summed E-state index contributed by atoms with van der Waals surface area (Å²) in [5.74, 6) is -0.429. The van der Waals surface area contributed by atoms with Gasteiger partial charge in [-0.05, 0) is 39.2 Å². The van der Waals surface area contributed by atoms with E-state index in [1.54, 1.807) is 0 Å². The van der Waals surface area contributed by atoms with Gasteiger partial charge in [0.2, 0.25) is 5.78 Å². The number of hydrogen-bond donors (Lipinski definition) is 0. The molecule has 0 N–H and O–H groups in total. The van der Waals surface area contributed by atoms with Crippen molar-refractivity contribution < 1.29 is 18.0 Å². The molecule has 13 heavy (non-hydrogen) atoms. The maximum Gasteiger partial charge on any atom is 0.450 e. The van der Waals surface area contributed by atoms with Gasteiger partial charge in [0.25, 0.3) is 0 Å². The Balaban J connectivity index is 2.53. The molecule has 0 aromatic heterocycles. The molecule has 0 aromatic carbocycles. The van der Waals surface area contributed by atoms with Crippen LogP contribution in [-0.2, 0) is 4.79 Å². The van der Waals surface area contributed by atoms with Gasteiger partial charge >= 0.3 is 6.18 Å². The van der Waals surface area contributed by atoms with Crippen molar-refractivity contribution in [2.24, 2.45) is 0 Å². The molecule has 0 atom stereocenters. The molecule has 1 fully saturated rings. The van der Waals surface area contributed by atoms with Gasteiger partial charge in [0.15, 0.2) is 0 Å². The molecule has 1 aliphatic heterocycles. The Morgan fingerprint density at radius 3 is 2.15 bits per heavy atom. The summed E-state index contributed by atoms with van der Waals surface area (Å²) in [6.45, 7) is 0. The molecular weight excluding hydrogens is 269 g/mol. The lowest BCUT2D eigenvalue weighted by Crippen LogP contribution is -2.27. The van der Waals surface area contributed by atoms with E-state index in [1.807, 2.05) is 0 Å². The Labute approximate surface area is 83.6 Å². The summed E-state index contributed by atoms with van der Waals surface area (Å²) in [4.78, 5) is 10.7. The van der Waals surface area contributed by atoms with E-state index in [1.165, 1.54) is 0 Å². The molecule has 0 amide bonds. The average Bonchev–Trinajstić information content (AvgIpc) is 2.33. The lowest BCUT2D eigenvalue weighted by atomic mass is 10.4. The lowest BCUT2D eigenvalue weighted by molar-refractivity contribution is -0.167. The van der Waals surface area contributed by atoms with Gasteiger partial charge in [-0.1, -0.05) is 0 Å². The average molecular weight is 279 g/mol. The Bertz CT molecular complexity index is 210. The molecule has 1 nitrogen and oxygen atoms in total. The Morgan fingerprint density at radius 1 is 1.31 bits per heavy atom. The zero-order valence-electron chi connectivity index (χ0n) is 6.86. The van der Waals surface area contributed by atoms with Gasteiger partial charge in [-0.2, -0.15) is 21.6 Å². The van der Waals surface area contributed by atoms with Crippen LogP contribution in [0.2, 0.25) is 0 Å². The molecular formula is C7H10BrF3OS. The summed E-state index contributed by atoms with van der Waals surface area (Å²) in [7, 11) is -1.44. The van der Waals surface area contributed by atoms with Gasteiger partial charge in [0.1, 0.15) is 0 Å². The molecule has 0 unspecified atom stereocenters. The molecule has 0 radical (unpaired) electrons. The molecule has 1 aliphatic rings. The molecule has 6 heteroatoms. The molecule has 0 bridgehead atoms. The van der Waals surface area contributed by atoms with Crippen LogP contribution < -0.4 is 0 Å². The van der Waals surface area contributed by atoms with E-state index in [9.17, 15) is 18.0 Å². The fraction of sp³-hybridized carbons (Fsp3) is 0.857. The third-order valence-electron chi connectivity index (χ3n) is 1.98. The highest BCUT2D eigenvalue weighted by atomic mass is 79.9. The van der Waals surface area contributed by atoms with E-state index in [4.69, 9.17) is 0 Å². The first-order chi connectivity index (χ1) is 5.83. The number of carbonyl (C=O) groups excluding carboxylic acids is 1. The second-order valence-corrected chi connectivity index (χ2v) is 10.2. The van der Waals surface area contributed by atoms with Crippen molar-refractivity contribution in [2.75, 3.05) is 17.3 Å². The summed E-state index contributed by atoms with van der Waals surface area (Å²) in [5.41, 5.74) is 0. The summed E-state index contributed by atoms with van der Waals surface area (Å²) < 4.78 is 35.7. The predicted molar refractivity (Wildman–Crippen MR) is 51.4 cm³/mol. The summed E-state index contributed by atoms with van der Waals surface area (Å²) >= 11 is 3.30. The van der Waals surface area contributed by atoms with Crippen molar-refractivity contribution in [2.45, 2.75) is 19.0 Å². The van der Waals surface area contributed by atoms with Gasteiger partial charge < -0.3 is 0 Å². The number of Topliss-reactive ketones (excluding diaryl/α,β-unsaturated/α-hetero) is 1. The largest absolute Gasteiger partial charge is 0.450 e. The molecule has 1 heterocycles. The number of alkyl halides is 3. The van der Waals surface area contributed by atoms with Crippen molar-refractivity contribution in [3.8, 4) is 0 Å². The predicted octanol–water partition coefficient (Wildman–Crippen LogP) is 3.03. The minimum atomic E-state index is -4.66. The van der Waals surface area contributed by atoms with Crippen molar-refractivity contribution in [1.82, 2.24) is 0 Å². The molecule has 1 saturated heterocycles. The van der Waals surface area contributed by atoms with Crippen LogP contribution in [0.4, 0.5) is 13.2 Å². The van der Waals surface area contributed by atoms with Gasteiger partial charge in [-0.25, -0.2) is 0 Å². The van der Waals surface area contributed by atoms with E-state index in [0.717, 1.165) is 24.3 Å². The van der Waals surface area contributed by atoms with E-state index in [-0.39, 0.29) is 5.75 Å². The second kappa shape index (κ2) is 3.81. The van der Waals surface area contributed by atoms with Crippen molar-refractivity contribution in [3.63, 3.8) is 0 Å². The third-order valence-corrected chi connectivity index (χ3v) is 7.43. The van der Waals surface area contributed by atoms with Crippen LogP contribution in [0.15, 0.2) is 0 Å². The van der Waals surface area contributed by atoms with Crippen LogP contribution in [0.3, 0.4) is 0 Å². The SMILES string of the molecule is O=C(CS1(Br)CCCC1)C(F)(F)F. The zero-order valence-corrected chi connectivity index (χ0v) is 9.27. The highest BCUT2D eigenvalue weighted by Crippen LogP contribution is 2.60. The van der Waals surface area contributed by atoms with E-state index >= 15 is 0 Å². The fourth-order valence-corrected chi connectivity index (χ4v) is 5.85. The maximum absolute atomic E-state index is 11.9. The minimum absolute atomic E-state index is 0.337. The summed E-state index contributed by atoms with van der Waals surface area (Å²) in [6.07, 6.45) is -2.78. The van der Waals surface area contributed by atoms with Crippen molar-refractivity contribution in [1.29, 1.82) is 0 Å². The summed E-state index contributed by atoms with van der Waals surface area (Å²) in [5, 5.41) is 0. The Kier molecular flexibility index (Phi) is 3.33. The van der Waals surface area contributed by atoms with Crippen molar-refractivity contribution in [3.05, 3.63) is 0 Å². The molecule has 0 aliphatic carbocycles. The Hall–Kier alpha value is 0.290. The maximum atomic E-state index is 11.9. The molecule has 1 rings (SSSR count). The van der Waals surface area contributed by atoms with Gasteiger partial charge in [0.05, 0.1) is 5.75 Å². The van der Waals surface area contributed by atoms with E-state index in [0.29, 0.717) is 0 Å². The first-order valence-electron chi connectivity index (χ1n) is 3.89. The van der Waals surface area contributed by atoms with E-state index < -0.39 is 20.4 Å². The number of rotatable bonds is 2. The summed E-state index contributed by atoms with van der Waals surface area (Å²) in [6, 6.07) is 0. The van der Waals surface area contributed by atoms with Crippen LogP contribution in [0.5, 0.6) is 0 Å². The minimum Gasteiger partial charge on any atom is -0.289 e. The number of halogens is 4. The highest BCUT2D eigenvalue weighted by Gasteiger charge is 2.42. The molecule has 0 aromatic rings. The number of ketones is 1. The monoisotopic (exact) mass is 278 g/mol. The van der Waals surface area contributed by atoms with Crippen LogP contribution >= 0.6 is 23.3 Å². The number of hydrogen-bond acceptors (Lipinski definition) is 1. The van der Waals surface area contributed by atoms with Crippen LogP contribution in [-0.4, -0.2) is 29.2 Å². The second-order valence-electron chi connectivity index (χ2n) is 3.12. The Morgan fingerprint density at radius 2 is 1.77 bits per heavy atom. The smallest absolute Gasteiger partial charge is 0.289 e.